The second-order valence-electron chi connectivity index (χ2n) is 4.20. The number of nitrogens with one attached hydrogen (secondary N) is 2. The Bertz CT molecular complexity index is 605. The molecule has 1 atom stereocenters. The van der Waals surface area contributed by atoms with Crippen molar-refractivity contribution in [1.82, 2.24) is 5.32 Å². The molecule has 20 heavy (non-hydrogen) atoms. The zero-order chi connectivity index (χ0) is 14.1. The minimum atomic E-state index is -0.462. The number of thiocarbonyl (C=S) groups is 1. The predicted molar refractivity (Wildman–Crippen MR) is 77.9 cm³/mol. The fraction of sp³-hybridized carbons (Fsp3) is 0.250. The standard InChI is InChI=1S/C12H10N2O4S2/c15-10(4-9-11(16)14-12(19)20-9)13-6-1-2-7-8(3-6)18-5-17-7/h1-3,9H,4-5H2,(H,13,15)(H,14,16,19)/t9-/m0/s1. The summed E-state index contributed by atoms with van der Waals surface area (Å²) in [6.45, 7) is 0.184. The predicted octanol–water partition coefficient (Wildman–Crippen LogP) is 1.26. The molecule has 2 aliphatic rings. The molecule has 3 rings (SSSR count). The van der Waals surface area contributed by atoms with E-state index in [1.807, 2.05) is 0 Å². The fourth-order valence-electron chi connectivity index (χ4n) is 1.88. The Hall–Kier alpha value is -1.80. The average molecular weight is 310 g/mol. The third-order valence-corrected chi connectivity index (χ3v) is 4.17. The van der Waals surface area contributed by atoms with Crippen LogP contribution < -0.4 is 20.1 Å². The second kappa shape index (κ2) is 5.29. The summed E-state index contributed by atoms with van der Waals surface area (Å²) in [6, 6.07) is 5.13. The lowest BCUT2D eigenvalue weighted by atomic mass is 10.2. The molecule has 0 spiro atoms. The molecule has 0 aliphatic carbocycles. The molecule has 1 saturated heterocycles. The van der Waals surface area contributed by atoms with Gasteiger partial charge in [-0.05, 0) is 12.1 Å². The summed E-state index contributed by atoms with van der Waals surface area (Å²) in [7, 11) is 0. The number of thioether (sulfide) groups is 1. The number of amides is 2. The van der Waals surface area contributed by atoms with E-state index in [2.05, 4.69) is 10.6 Å². The minimum Gasteiger partial charge on any atom is -0.454 e. The molecule has 2 heterocycles. The Balaban J connectivity index is 1.62. The number of carbonyl (C=O) groups is 2. The summed E-state index contributed by atoms with van der Waals surface area (Å²) in [4.78, 5) is 23.4. The first-order valence-electron chi connectivity index (χ1n) is 5.83. The van der Waals surface area contributed by atoms with Crippen LogP contribution >= 0.6 is 24.0 Å². The highest BCUT2D eigenvalue weighted by atomic mass is 32.2. The molecule has 0 bridgehead atoms. The molecule has 0 saturated carbocycles. The van der Waals surface area contributed by atoms with Gasteiger partial charge in [0.2, 0.25) is 18.6 Å². The molecule has 2 N–H and O–H groups in total. The van der Waals surface area contributed by atoms with Crippen molar-refractivity contribution in [1.29, 1.82) is 0 Å². The van der Waals surface area contributed by atoms with E-state index in [0.717, 1.165) is 0 Å². The summed E-state index contributed by atoms with van der Waals surface area (Å²) in [5.74, 6) is 0.776. The lowest BCUT2D eigenvalue weighted by Crippen LogP contribution is -2.27. The Morgan fingerprint density at radius 2 is 2.25 bits per heavy atom. The molecule has 2 amide bonds. The molecule has 0 aromatic heterocycles. The van der Waals surface area contributed by atoms with Gasteiger partial charge in [0.25, 0.3) is 0 Å². The summed E-state index contributed by atoms with van der Waals surface area (Å²) in [5, 5.41) is 4.77. The van der Waals surface area contributed by atoms with Gasteiger partial charge in [0.15, 0.2) is 11.5 Å². The first-order valence-corrected chi connectivity index (χ1v) is 7.11. The molecule has 6 nitrogen and oxygen atoms in total. The van der Waals surface area contributed by atoms with E-state index in [-0.39, 0.29) is 25.0 Å². The molecular weight excluding hydrogens is 300 g/mol. The van der Waals surface area contributed by atoms with E-state index in [1.54, 1.807) is 18.2 Å². The number of carbonyl (C=O) groups excluding carboxylic acids is 2. The van der Waals surface area contributed by atoms with Gasteiger partial charge in [0, 0.05) is 18.2 Å². The van der Waals surface area contributed by atoms with E-state index in [0.29, 0.717) is 21.5 Å². The van der Waals surface area contributed by atoms with Crippen molar-refractivity contribution >= 4 is 45.8 Å². The molecular formula is C12H10N2O4S2. The molecule has 1 aromatic rings. The number of anilines is 1. The number of rotatable bonds is 3. The normalized spacial score (nSPS) is 19.9. The van der Waals surface area contributed by atoms with Crippen molar-refractivity contribution in [3.05, 3.63) is 18.2 Å². The summed E-state index contributed by atoms with van der Waals surface area (Å²) >= 11 is 6.08. The van der Waals surface area contributed by atoms with Gasteiger partial charge >= 0.3 is 0 Å². The van der Waals surface area contributed by atoms with Crippen LogP contribution in [0.2, 0.25) is 0 Å². The minimum absolute atomic E-state index is 0.0745. The van der Waals surface area contributed by atoms with E-state index in [9.17, 15) is 9.59 Å². The summed E-state index contributed by atoms with van der Waals surface area (Å²) in [6.07, 6.45) is 0.0745. The maximum Gasteiger partial charge on any atom is 0.239 e. The molecule has 0 unspecified atom stereocenters. The monoisotopic (exact) mass is 310 g/mol. The van der Waals surface area contributed by atoms with Crippen LogP contribution in [-0.4, -0.2) is 28.2 Å². The number of hydrogen-bond donors (Lipinski definition) is 2. The van der Waals surface area contributed by atoms with Crippen LogP contribution in [0.25, 0.3) is 0 Å². The second-order valence-corrected chi connectivity index (χ2v) is 6.08. The molecule has 0 radical (unpaired) electrons. The highest BCUT2D eigenvalue weighted by Crippen LogP contribution is 2.34. The van der Waals surface area contributed by atoms with Crippen LogP contribution in [0.3, 0.4) is 0 Å². The fourth-order valence-corrected chi connectivity index (χ4v) is 3.15. The van der Waals surface area contributed by atoms with Crippen LogP contribution in [0.5, 0.6) is 11.5 Å². The first kappa shape index (κ1) is 13.2. The van der Waals surface area contributed by atoms with Crippen molar-refractivity contribution in [2.24, 2.45) is 0 Å². The van der Waals surface area contributed by atoms with Gasteiger partial charge in [-0.25, -0.2) is 0 Å². The third-order valence-electron chi connectivity index (χ3n) is 2.79. The number of benzene rings is 1. The quantitative estimate of drug-likeness (QED) is 0.819. The number of fused-ring (bicyclic) bond motifs is 1. The molecule has 104 valence electrons. The maximum atomic E-state index is 11.9. The van der Waals surface area contributed by atoms with Crippen molar-refractivity contribution in [3.63, 3.8) is 0 Å². The smallest absolute Gasteiger partial charge is 0.239 e. The van der Waals surface area contributed by atoms with E-state index in [4.69, 9.17) is 21.7 Å². The average Bonchev–Trinajstić information content (AvgIpc) is 2.96. The Labute approximate surface area is 124 Å². The van der Waals surface area contributed by atoms with Crippen molar-refractivity contribution < 1.29 is 19.1 Å². The SMILES string of the molecule is O=C(C[C@@H]1SC(=S)NC1=O)Nc1ccc2c(c1)OCO2. The van der Waals surface area contributed by atoms with E-state index in [1.165, 1.54) is 11.8 Å². The van der Waals surface area contributed by atoms with Crippen LogP contribution in [0, 0.1) is 0 Å². The third kappa shape index (κ3) is 2.70. The van der Waals surface area contributed by atoms with Gasteiger partial charge in [-0.1, -0.05) is 24.0 Å². The molecule has 1 aromatic carbocycles. The largest absolute Gasteiger partial charge is 0.454 e. The van der Waals surface area contributed by atoms with Gasteiger partial charge < -0.3 is 20.1 Å². The highest BCUT2D eigenvalue weighted by molar-refractivity contribution is 8.24. The first-order chi connectivity index (χ1) is 9.61. The van der Waals surface area contributed by atoms with E-state index >= 15 is 0 Å². The highest BCUT2D eigenvalue weighted by Gasteiger charge is 2.31. The maximum absolute atomic E-state index is 11.9. The number of hydrogen-bond acceptors (Lipinski definition) is 6. The summed E-state index contributed by atoms with van der Waals surface area (Å²) < 4.78 is 10.8. The Kier molecular flexibility index (Phi) is 3.49. The Morgan fingerprint density at radius 3 is 3.00 bits per heavy atom. The topological polar surface area (TPSA) is 76.7 Å². The zero-order valence-electron chi connectivity index (χ0n) is 10.2. The lowest BCUT2D eigenvalue weighted by Gasteiger charge is -2.08. The van der Waals surface area contributed by atoms with Crippen LogP contribution in [0.1, 0.15) is 6.42 Å². The van der Waals surface area contributed by atoms with Crippen LogP contribution in [-0.2, 0) is 9.59 Å². The van der Waals surface area contributed by atoms with Crippen LogP contribution in [0.15, 0.2) is 18.2 Å². The van der Waals surface area contributed by atoms with E-state index < -0.39 is 5.25 Å². The zero-order valence-corrected chi connectivity index (χ0v) is 11.8. The van der Waals surface area contributed by atoms with Crippen LogP contribution in [0.4, 0.5) is 5.69 Å². The molecule has 8 heteroatoms. The summed E-state index contributed by atoms with van der Waals surface area (Å²) in [5.41, 5.74) is 0.602. The molecule has 1 fully saturated rings. The van der Waals surface area contributed by atoms with Crippen molar-refractivity contribution in [2.45, 2.75) is 11.7 Å². The number of ether oxygens (including phenoxy) is 2. The lowest BCUT2D eigenvalue weighted by molar-refractivity contribution is -0.122. The van der Waals surface area contributed by atoms with Crippen molar-refractivity contribution in [2.75, 3.05) is 12.1 Å². The van der Waals surface area contributed by atoms with Gasteiger partial charge in [0.1, 0.15) is 4.32 Å². The molecule has 2 aliphatic heterocycles. The van der Waals surface area contributed by atoms with Gasteiger partial charge in [-0.15, -0.1) is 0 Å². The van der Waals surface area contributed by atoms with Gasteiger partial charge in [-0.2, -0.15) is 0 Å². The van der Waals surface area contributed by atoms with Gasteiger partial charge in [-0.3, -0.25) is 9.59 Å². The van der Waals surface area contributed by atoms with Gasteiger partial charge in [0.05, 0.1) is 5.25 Å². The Morgan fingerprint density at radius 1 is 1.45 bits per heavy atom. The van der Waals surface area contributed by atoms with Crippen molar-refractivity contribution in [3.8, 4) is 11.5 Å².